The summed E-state index contributed by atoms with van der Waals surface area (Å²) in [5.74, 6) is 0.00786. The van der Waals surface area contributed by atoms with E-state index in [1.165, 1.54) is 4.90 Å². The second-order valence-electron chi connectivity index (χ2n) is 6.91. The Morgan fingerprint density at radius 3 is 2.43 bits per heavy atom. The number of nitrogens with one attached hydrogen (secondary N) is 1. The summed E-state index contributed by atoms with van der Waals surface area (Å²) in [6, 6.07) is 17.5. The van der Waals surface area contributed by atoms with E-state index in [9.17, 15) is 14.4 Å². The van der Waals surface area contributed by atoms with Gasteiger partial charge in [-0.15, -0.1) is 11.8 Å². The molecule has 6 nitrogen and oxygen atoms in total. The van der Waals surface area contributed by atoms with E-state index in [4.69, 9.17) is 4.74 Å². The van der Waals surface area contributed by atoms with Gasteiger partial charge in [-0.2, -0.15) is 0 Å². The van der Waals surface area contributed by atoms with Gasteiger partial charge < -0.3 is 10.1 Å². The molecule has 2 heterocycles. The van der Waals surface area contributed by atoms with Crippen molar-refractivity contribution in [2.75, 3.05) is 10.2 Å². The number of thioether (sulfide) groups is 1. The molecule has 0 aromatic heterocycles. The molecule has 0 aliphatic carbocycles. The van der Waals surface area contributed by atoms with Crippen molar-refractivity contribution in [2.45, 2.75) is 17.8 Å². The minimum absolute atomic E-state index is 0.208. The molecule has 1 N–H and O–H groups in total. The Hall–Kier alpha value is -2.33. The molecule has 0 radical (unpaired) electrons. The van der Waals surface area contributed by atoms with Gasteiger partial charge >= 0.3 is 5.97 Å². The van der Waals surface area contributed by atoms with Crippen LogP contribution in [0.25, 0.3) is 0 Å². The number of alkyl halides is 1. The van der Waals surface area contributed by atoms with Crippen LogP contribution in [0.1, 0.15) is 5.56 Å². The van der Waals surface area contributed by atoms with Crippen molar-refractivity contribution in [3.63, 3.8) is 0 Å². The molecular formula is C22H19IN2O4S. The Kier molecular flexibility index (Phi) is 6.43. The van der Waals surface area contributed by atoms with Crippen molar-refractivity contribution in [1.29, 1.82) is 0 Å². The number of halogens is 1. The van der Waals surface area contributed by atoms with Crippen molar-refractivity contribution in [3.8, 4) is 5.75 Å². The lowest BCUT2D eigenvalue weighted by Gasteiger charge is -2.49. The number of β-lactam (4-membered cyclic amide) rings is 1. The first kappa shape index (κ1) is 20.9. The Labute approximate surface area is 192 Å². The van der Waals surface area contributed by atoms with Gasteiger partial charge in [0.1, 0.15) is 22.9 Å². The zero-order valence-electron chi connectivity index (χ0n) is 15.9. The number of amides is 2. The Morgan fingerprint density at radius 2 is 1.77 bits per heavy atom. The van der Waals surface area contributed by atoms with Gasteiger partial charge in [0.05, 0.1) is 6.42 Å². The third-order valence-electron chi connectivity index (χ3n) is 4.88. The fourth-order valence-electron chi connectivity index (χ4n) is 3.42. The number of carbonyl (C=O) groups excluding carboxylic acids is 3. The molecular weight excluding hydrogens is 515 g/mol. The van der Waals surface area contributed by atoms with Gasteiger partial charge in [-0.1, -0.05) is 71.1 Å². The number of hydrogen-bond donors (Lipinski definition) is 1. The highest BCUT2D eigenvalue weighted by Crippen LogP contribution is 2.41. The minimum Gasteiger partial charge on any atom is -0.422 e. The Balaban J connectivity index is 1.46. The highest BCUT2D eigenvalue weighted by atomic mass is 127. The number of fused-ring (bicyclic) bond motifs is 1. The quantitative estimate of drug-likeness (QED) is 0.203. The van der Waals surface area contributed by atoms with Crippen LogP contribution in [-0.4, -0.2) is 44.3 Å². The topological polar surface area (TPSA) is 75.7 Å². The molecule has 2 unspecified atom stereocenters. The average molecular weight is 534 g/mol. The number of para-hydroxylation sites is 1. The van der Waals surface area contributed by atoms with E-state index in [2.05, 4.69) is 27.9 Å². The van der Waals surface area contributed by atoms with Crippen molar-refractivity contribution >= 4 is 52.1 Å². The molecule has 154 valence electrons. The molecule has 1 saturated heterocycles. The summed E-state index contributed by atoms with van der Waals surface area (Å²) >= 11 is 3.74. The zero-order chi connectivity index (χ0) is 21.1. The maximum Gasteiger partial charge on any atom is 0.360 e. The fourth-order valence-corrected chi connectivity index (χ4v) is 5.77. The van der Waals surface area contributed by atoms with Crippen LogP contribution in [-0.2, 0) is 20.8 Å². The van der Waals surface area contributed by atoms with E-state index in [0.717, 1.165) is 11.1 Å². The van der Waals surface area contributed by atoms with Crippen molar-refractivity contribution < 1.29 is 19.1 Å². The molecule has 2 aromatic carbocycles. The van der Waals surface area contributed by atoms with E-state index in [1.807, 2.05) is 36.4 Å². The van der Waals surface area contributed by atoms with Gasteiger partial charge in [0.15, 0.2) is 0 Å². The first-order chi connectivity index (χ1) is 14.6. The van der Waals surface area contributed by atoms with Crippen LogP contribution in [0, 0.1) is 0 Å². The average Bonchev–Trinajstić information content (AvgIpc) is 2.77. The lowest BCUT2D eigenvalue weighted by Crippen LogP contribution is -2.70. The predicted molar refractivity (Wildman–Crippen MR) is 123 cm³/mol. The molecule has 0 saturated carbocycles. The van der Waals surface area contributed by atoms with E-state index in [-0.39, 0.29) is 23.6 Å². The van der Waals surface area contributed by atoms with Gasteiger partial charge in [0.25, 0.3) is 5.91 Å². The maximum atomic E-state index is 12.9. The number of benzene rings is 2. The van der Waals surface area contributed by atoms with Gasteiger partial charge in [-0.05, 0) is 23.3 Å². The number of hydrogen-bond acceptors (Lipinski definition) is 5. The molecule has 0 bridgehead atoms. The van der Waals surface area contributed by atoms with Gasteiger partial charge in [-0.25, -0.2) is 4.79 Å². The lowest BCUT2D eigenvalue weighted by molar-refractivity contribution is -0.150. The molecule has 2 aliphatic heterocycles. The van der Waals surface area contributed by atoms with Crippen molar-refractivity contribution in [3.05, 3.63) is 77.5 Å². The summed E-state index contributed by atoms with van der Waals surface area (Å²) in [6.07, 6.45) is 0.208. The predicted octanol–water partition coefficient (Wildman–Crippen LogP) is 2.92. The van der Waals surface area contributed by atoms with Crippen LogP contribution >= 0.6 is 34.4 Å². The molecule has 1 fully saturated rings. The zero-order valence-corrected chi connectivity index (χ0v) is 18.9. The van der Waals surface area contributed by atoms with Crippen LogP contribution in [0.3, 0.4) is 0 Å². The summed E-state index contributed by atoms with van der Waals surface area (Å²) in [5.41, 5.74) is 2.05. The van der Waals surface area contributed by atoms with Gasteiger partial charge in [-0.3, -0.25) is 14.5 Å². The molecule has 4 rings (SSSR count). The highest BCUT2D eigenvalue weighted by molar-refractivity contribution is 14.1. The van der Waals surface area contributed by atoms with Crippen LogP contribution < -0.4 is 10.1 Å². The number of rotatable bonds is 6. The second-order valence-corrected chi connectivity index (χ2v) is 8.77. The first-order valence-electron chi connectivity index (χ1n) is 9.41. The molecule has 2 aliphatic rings. The van der Waals surface area contributed by atoms with E-state index >= 15 is 0 Å². The number of carbonyl (C=O) groups is 3. The summed E-state index contributed by atoms with van der Waals surface area (Å²) < 4.78 is 6.11. The molecule has 8 heteroatoms. The Bertz CT molecular complexity index is 997. The maximum absolute atomic E-state index is 12.9. The molecule has 0 spiro atoms. The summed E-state index contributed by atoms with van der Waals surface area (Å²) in [7, 11) is 0. The third-order valence-corrected chi connectivity index (χ3v) is 7.14. The van der Waals surface area contributed by atoms with Crippen molar-refractivity contribution in [2.24, 2.45) is 0 Å². The van der Waals surface area contributed by atoms with Crippen LogP contribution in [0.5, 0.6) is 5.75 Å². The van der Waals surface area contributed by atoms with Crippen LogP contribution in [0.4, 0.5) is 0 Å². The van der Waals surface area contributed by atoms with Crippen LogP contribution in [0.15, 0.2) is 71.9 Å². The number of esters is 1. The van der Waals surface area contributed by atoms with Crippen LogP contribution in [0.2, 0.25) is 0 Å². The van der Waals surface area contributed by atoms with Crippen molar-refractivity contribution in [1.82, 2.24) is 10.2 Å². The number of nitrogens with zero attached hydrogens (tertiary/aromatic N) is 1. The SMILES string of the molecule is O=C(Cc1ccccc1)NC1C(=O)N2C(C(=O)Oc3ccccc3)=C(CI)CSC12. The summed E-state index contributed by atoms with van der Waals surface area (Å²) in [6.45, 7) is 0. The number of ether oxygens (including phenoxy) is 1. The summed E-state index contributed by atoms with van der Waals surface area (Å²) in [5, 5.41) is 2.52. The molecule has 2 aromatic rings. The van der Waals surface area contributed by atoms with E-state index in [0.29, 0.717) is 21.6 Å². The second kappa shape index (κ2) is 9.22. The van der Waals surface area contributed by atoms with E-state index in [1.54, 1.807) is 36.0 Å². The lowest BCUT2D eigenvalue weighted by atomic mass is 10.0. The molecule has 2 atom stereocenters. The smallest absolute Gasteiger partial charge is 0.360 e. The monoisotopic (exact) mass is 534 g/mol. The minimum atomic E-state index is -0.638. The third kappa shape index (κ3) is 4.24. The first-order valence-corrected chi connectivity index (χ1v) is 12.0. The standard InChI is InChI=1S/C22H19IN2O4S/c23-12-15-13-30-21-18(24-17(26)11-14-7-3-1-4-8-14)20(27)25(21)19(15)22(28)29-16-9-5-2-6-10-16/h1-10,18,21H,11-13H2,(H,24,26). The highest BCUT2D eigenvalue weighted by Gasteiger charge is 2.54. The summed E-state index contributed by atoms with van der Waals surface area (Å²) in [4.78, 5) is 39.6. The van der Waals surface area contributed by atoms with E-state index < -0.39 is 12.0 Å². The normalized spacial score (nSPS) is 20.3. The molecule has 2 amide bonds. The van der Waals surface area contributed by atoms with Gasteiger partial charge in [0, 0.05) is 10.2 Å². The largest absolute Gasteiger partial charge is 0.422 e. The fraction of sp³-hybridized carbons (Fsp3) is 0.227. The van der Waals surface area contributed by atoms with Gasteiger partial charge in [0.2, 0.25) is 5.91 Å². The Morgan fingerprint density at radius 1 is 1.10 bits per heavy atom. The molecule has 30 heavy (non-hydrogen) atoms.